The summed E-state index contributed by atoms with van der Waals surface area (Å²) < 4.78 is 17.6. The molecule has 7 heteroatoms. The highest BCUT2D eigenvalue weighted by molar-refractivity contribution is 5.88. The summed E-state index contributed by atoms with van der Waals surface area (Å²) in [6.07, 6.45) is 1.12. The van der Waals surface area contributed by atoms with Gasteiger partial charge in [-0.2, -0.15) is 0 Å². The molecule has 1 heterocycles. The Bertz CT molecular complexity index is 1180. The first kappa shape index (κ1) is 25.5. The van der Waals surface area contributed by atoms with Gasteiger partial charge in [-0.1, -0.05) is 24.3 Å². The van der Waals surface area contributed by atoms with Crippen molar-refractivity contribution in [1.29, 1.82) is 0 Å². The molecule has 2 atom stereocenters. The number of carboxylic acid groups (broad SMARTS) is 1. The maximum Gasteiger partial charge on any atom is 0.335 e. The summed E-state index contributed by atoms with van der Waals surface area (Å²) in [5.41, 5.74) is 4.52. The van der Waals surface area contributed by atoms with E-state index >= 15 is 0 Å². The molecule has 3 aromatic rings. The van der Waals surface area contributed by atoms with Crippen LogP contribution in [0.15, 0.2) is 60.7 Å². The van der Waals surface area contributed by atoms with Crippen LogP contribution in [-0.4, -0.2) is 54.7 Å². The third-order valence-electron chi connectivity index (χ3n) is 6.14. The average Bonchev–Trinajstić information content (AvgIpc) is 2.88. The average molecular weight is 492 g/mol. The largest absolute Gasteiger partial charge is 0.490 e. The third kappa shape index (κ3) is 6.56. The summed E-state index contributed by atoms with van der Waals surface area (Å²) in [6, 6.07) is 18.7. The first-order chi connectivity index (χ1) is 17.4. The summed E-state index contributed by atoms with van der Waals surface area (Å²) >= 11 is 0. The Kier molecular flexibility index (Phi) is 8.46. The van der Waals surface area contributed by atoms with Gasteiger partial charge in [0, 0.05) is 13.1 Å². The van der Waals surface area contributed by atoms with Crippen molar-refractivity contribution >= 4 is 5.97 Å². The highest BCUT2D eigenvalue weighted by Crippen LogP contribution is 2.32. The fourth-order valence-corrected chi connectivity index (χ4v) is 4.23. The molecule has 0 unspecified atom stereocenters. The number of fused-ring (bicyclic) bond motifs is 1. The van der Waals surface area contributed by atoms with Crippen LogP contribution in [0.2, 0.25) is 0 Å². The lowest BCUT2D eigenvalue weighted by atomic mass is 9.96. The number of hydrogen-bond acceptors (Lipinski definition) is 6. The van der Waals surface area contributed by atoms with Gasteiger partial charge in [-0.25, -0.2) is 4.79 Å². The molecule has 0 spiro atoms. The van der Waals surface area contributed by atoms with E-state index in [9.17, 15) is 9.90 Å². The SMILES string of the molecule is CCOc1cc(C)ccc1OC[C@H](O)CNC[C@H]1CCc2cc(-c3ccc(C(=O)O)cc3)ccc2O1. The Labute approximate surface area is 211 Å². The van der Waals surface area contributed by atoms with Gasteiger partial charge in [0.15, 0.2) is 11.5 Å². The number of ether oxygens (including phenoxy) is 3. The van der Waals surface area contributed by atoms with Gasteiger partial charge in [0.1, 0.15) is 24.6 Å². The molecule has 0 saturated carbocycles. The first-order valence-corrected chi connectivity index (χ1v) is 12.3. The Balaban J connectivity index is 1.24. The lowest BCUT2D eigenvalue weighted by Crippen LogP contribution is -2.39. The van der Waals surface area contributed by atoms with Gasteiger partial charge in [0.2, 0.25) is 0 Å². The van der Waals surface area contributed by atoms with Crippen molar-refractivity contribution in [2.75, 3.05) is 26.3 Å². The minimum Gasteiger partial charge on any atom is -0.490 e. The van der Waals surface area contributed by atoms with Gasteiger partial charge in [-0.05, 0) is 85.3 Å². The van der Waals surface area contributed by atoms with Crippen LogP contribution < -0.4 is 19.5 Å². The van der Waals surface area contributed by atoms with Crippen LogP contribution in [0, 0.1) is 6.92 Å². The highest BCUT2D eigenvalue weighted by atomic mass is 16.5. The van der Waals surface area contributed by atoms with Crippen molar-refractivity contribution in [2.24, 2.45) is 0 Å². The third-order valence-corrected chi connectivity index (χ3v) is 6.14. The molecule has 1 aliphatic heterocycles. The van der Waals surface area contributed by atoms with E-state index in [4.69, 9.17) is 19.3 Å². The number of rotatable bonds is 11. The molecule has 0 bridgehead atoms. The molecule has 0 aromatic heterocycles. The van der Waals surface area contributed by atoms with Crippen molar-refractivity contribution < 1.29 is 29.2 Å². The monoisotopic (exact) mass is 491 g/mol. The summed E-state index contributed by atoms with van der Waals surface area (Å²) in [4.78, 5) is 11.1. The van der Waals surface area contributed by atoms with Crippen molar-refractivity contribution in [3.05, 3.63) is 77.4 Å². The van der Waals surface area contributed by atoms with E-state index in [0.717, 1.165) is 40.8 Å². The van der Waals surface area contributed by atoms with Crippen molar-refractivity contribution in [3.63, 3.8) is 0 Å². The van der Waals surface area contributed by atoms with Gasteiger partial charge >= 0.3 is 5.97 Å². The molecule has 4 rings (SSSR count). The fourth-order valence-electron chi connectivity index (χ4n) is 4.23. The number of aliphatic hydroxyl groups is 1. The van der Waals surface area contributed by atoms with Crippen LogP contribution in [0.1, 0.15) is 34.8 Å². The number of hydrogen-bond donors (Lipinski definition) is 3. The fraction of sp³-hybridized carbons (Fsp3) is 0.345. The molecule has 0 amide bonds. The predicted octanol–water partition coefficient (Wildman–Crippen LogP) is 4.48. The predicted molar refractivity (Wildman–Crippen MR) is 138 cm³/mol. The molecule has 3 aromatic carbocycles. The van der Waals surface area contributed by atoms with Crippen molar-refractivity contribution in [1.82, 2.24) is 5.32 Å². The van der Waals surface area contributed by atoms with Crippen molar-refractivity contribution in [2.45, 2.75) is 38.9 Å². The quantitative estimate of drug-likeness (QED) is 0.364. The summed E-state index contributed by atoms with van der Waals surface area (Å²) in [5.74, 6) is 1.26. The van der Waals surface area contributed by atoms with Gasteiger partial charge in [-0.3, -0.25) is 0 Å². The van der Waals surface area contributed by atoms with Gasteiger partial charge in [0.05, 0.1) is 12.2 Å². The molecule has 0 aliphatic carbocycles. The molecular formula is C29H33NO6. The second-order valence-corrected chi connectivity index (χ2v) is 8.99. The lowest BCUT2D eigenvalue weighted by Gasteiger charge is -2.27. The molecule has 0 radical (unpaired) electrons. The van der Waals surface area contributed by atoms with E-state index < -0.39 is 12.1 Å². The zero-order chi connectivity index (χ0) is 25.5. The molecule has 36 heavy (non-hydrogen) atoms. The maximum atomic E-state index is 11.1. The van der Waals surface area contributed by atoms with Crippen LogP contribution in [0.5, 0.6) is 17.2 Å². The van der Waals surface area contributed by atoms with E-state index in [2.05, 4.69) is 11.4 Å². The van der Waals surface area contributed by atoms with Crippen LogP contribution in [0.4, 0.5) is 0 Å². The number of nitrogens with one attached hydrogen (secondary N) is 1. The maximum absolute atomic E-state index is 11.1. The standard InChI is InChI=1S/C29H33NO6/c1-3-34-28-14-19(2)4-12-27(28)35-18-24(31)16-30-17-25-11-9-23-15-22(10-13-26(23)36-25)20-5-7-21(8-6-20)29(32)33/h4-8,10,12-15,24-25,30-31H,3,9,11,16-18H2,1-2H3,(H,32,33)/t24-,25-/m1/s1. The van der Waals surface area contributed by atoms with Crippen LogP contribution in [0.3, 0.4) is 0 Å². The van der Waals surface area contributed by atoms with Gasteiger partial charge < -0.3 is 29.7 Å². The van der Waals surface area contributed by atoms with Gasteiger partial charge in [0.25, 0.3) is 0 Å². The van der Waals surface area contributed by atoms with E-state index in [1.54, 1.807) is 12.1 Å². The summed E-state index contributed by atoms with van der Waals surface area (Å²) in [6.45, 7) is 5.67. The number of aromatic carboxylic acids is 1. The minimum absolute atomic E-state index is 0.0213. The molecule has 190 valence electrons. The normalized spacial score (nSPS) is 15.5. The molecule has 7 nitrogen and oxygen atoms in total. The molecular weight excluding hydrogens is 458 g/mol. The van der Waals surface area contributed by atoms with E-state index in [1.807, 2.05) is 56.3 Å². The number of carbonyl (C=O) groups is 1. The molecule has 0 saturated heterocycles. The van der Waals surface area contributed by atoms with Gasteiger partial charge in [-0.15, -0.1) is 0 Å². The Morgan fingerprint density at radius 1 is 1.06 bits per heavy atom. The molecule has 1 aliphatic rings. The Morgan fingerprint density at radius 2 is 1.83 bits per heavy atom. The van der Waals surface area contributed by atoms with Crippen LogP contribution in [-0.2, 0) is 6.42 Å². The van der Waals surface area contributed by atoms with E-state index in [1.165, 1.54) is 0 Å². The number of aliphatic hydroxyl groups excluding tert-OH is 1. The molecule has 0 fully saturated rings. The number of benzene rings is 3. The zero-order valence-electron chi connectivity index (χ0n) is 20.7. The number of carboxylic acids is 1. The minimum atomic E-state index is -0.929. The van der Waals surface area contributed by atoms with Crippen molar-refractivity contribution in [3.8, 4) is 28.4 Å². The smallest absolute Gasteiger partial charge is 0.335 e. The summed E-state index contributed by atoms with van der Waals surface area (Å²) in [5, 5.41) is 22.7. The zero-order valence-corrected chi connectivity index (χ0v) is 20.7. The lowest BCUT2D eigenvalue weighted by molar-refractivity contribution is 0.0697. The highest BCUT2D eigenvalue weighted by Gasteiger charge is 2.20. The second-order valence-electron chi connectivity index (χ2n) is 8.99. The summed E-state index contributed by atoms with van der Waals surface area (Å²) in [7, 11) is 0. The van der Waals surface area contributed by atoms with Crippen LogP contribution >= 0.6 is 0 Å². The first-order valence-electron chi connectivity index (χ1n) is 12.3. The Hall–Kier alpha value is -3.55. The second kappa shape index (κ2) is 11.9. The molecule has 3 N–H and O–H groups in total. The Morgan fingerprint density at radius 3 is 2.58 bits per heavy atom. The van der Waals surface area contributed by atoms with E-state index in [-0.39, 0.29) is 18.3 Å². The van der Waals surface area contributed by atoms with Crippen LogP contribution in [0.25, 0.3) is 11.1 Å². The van der Waals surface area contributed by atoms with E-state index in [0.29, 0.717) is 31.2 Å². The topological polar surface area (TPSA) is 97.2 Å². The number of aryl methyl sites for hydroxylation is 2.